The van der Waals surface area contributed by atoms with E-state index < -0.39 is 24.0 Å². The number of fused-ring (bicyclic) bond motifs is 1. The van der Waals surface area contributed by atoms with Gasteiger partial charge in [0, 0.05) is 43.1 Å². The van der Waals surface area contributed by atoms with E-state index in [9.17, 15) is 22.4 Å². The molecule has 1 aromatic carbocycles. The van der Waals surface area contributed by atoms with Crippen LogP contribution in [-0.4, -0.2) is 80.0 Å². The summed E-state index contributed by atoms with van der Waals surface area (Å²) >= 11 is 0. The second-order valence-electron chi connectivity index (χ2n) is 9.70. The van der Waals surface area contributed by atoms with Crippen LogP contribution in [-0.2, 0) is 0 Å². The monoisotopic (exact) mass is 572 g/mol. The molecule has 8 nitrogen and oxygen atoms in total. The lowest BCUT2D eigenvalue weighted by Crippen LogP contribution is -2.46. The minimum absolute atomic E-state index is 0.187. The molecule has 218 valence electrons. The summed E-state index contributed by atoms with van der Waals surface area (Å²) in [4.78, 5) is 22.4. The predicted molar refractivity (Wildman–Crippen MR) is 153 cm³/mol. The zero-order valence-electron chi connectivity index (χ0n) is 23.0. The summed E-state index contributed by atoms with van der Waals surface area (Å²) in [7, 11) is 4.81. The van der Waals surface area contributed by atoms with Crippen molar-refractivity contribution in [1.82, 2.24) is 20.2 Å². The van der Waals surface area contributed by atoms with E-state index in [1.807, 2.05) is 11.9 Å². The quantitative estimate of drug-likeness (QED) is 0.306. The van der Waals surface area contributed by atoms with Crippen LogP contribution >= 0.6 is 0 Å². The number of piperidine rings is 1. The van der Waals surface area contributed by atoms with E-state index in [1.165, 1.54) is 20.2 Å². The van der Waals surface area contributed by atoms with Gasteiger partial charge in [0.25, 0.3) is 5.91 Å². The first kappa shape index (κ1) is 29.8. The van der Waals surface area contributed by atoms with Crippen molar-refractivity contribution in [3.63, 3.8) is 0 Å². The van der Waals surface area contributed by atoms with Gasteiger partial charge in [-0.05, 0) is 43.8 Å². The first-order valence-corrected chi connectivity index (χ1v) is 13.0. The van der Waals surface area contributed by atoms with E-state index in [1.54, 1.807) is 42.5 Å². The topological polar surface area (TPSA) is 91.4 Å². The Bertz CT molecular complexity index is 1460. The molecular formula is C29H32F4N6O2. The van der Waals surface area contributed by atoms with E-state index in [2.05, 4.69) is 32.5 Å². The maximum Gasteiger partial charge on any atom is 0.417 e. The van der Waals surface area contributed by atoms with E-state index in [-0.39, 0.29) is 41.5 Å². The fraction of sp³-hybridized carbons (Fsp3) is 0.345. The van der Waals surface area contributed by atoms with Crippen molar-refractivity contribution in [1.29, 1.82) is 0 Å². The highest BCUT2D eigenvalue weighted by Crippen LogP contribution is 2.37. The highest BCUT2D eigenvalue weighted by Gasteiger charge is 2.35. The van der Waals surface area contributed by atoms with Crippen LogP contribution in [0.2, 0.25) is 0 Å². The molecule has 3 N–H and O–H groups in total. The zero-order chi connectivity index (χ0) is 29.7. The first-order valence-electron chi connectivity index (χ1n) is 13.0. The number of halogens is 4. The molecule has 0 aliphatic carbocycles. The van der Waals surface area contributed by atoms with Crippen LogP contribution < -0.4 is 20.7 Å². The molecule has 1 saturated heterocycles. The van der Waals surface area contributed by atoms with Gasteiger partial charge < -0.3 is 25.6 Å². The SMILES string of the molecule is C=C(c1nc(/C=C/CNc2nc(C(=O)NC)ccc2OC)cc2c(N[C@@H]3CCN(C)C[C@@H]3F)cccc12)C(F)(F)F. The number of hydrogen-bond acceptors (Lipinski definition) is 7. The average molecular weight is 573 g/mol. The van der Waals surface area contributed by atoms with Gasteiger partial charge in [-0.2, -0.15) is 13.2 Å². The number of likely N-dealkylation sites (tertiary alicyclic amines) is 1. The van der Waals surface area contributed by atoms with Crippen molar-refractivity contribution in [2.75, 3.05) is 51.5 Å². The smallest absolute Gasteiger partial charge is 0.417 e. The molecule has 1 fully saturated rings. The molecule has 0 unspecified atom stereocenters. The Kier molecular flexibility index (Phi) is 9.11. The lowest BCUT2D eigenvalue weighted by atomic mass is 9.99. The van der Waals surface area contributed by atoms with Crippen LogP contribution in [0.15, 0.2) is 49.1 Å². The lowest BCUT2D eigenvalue weighted by molar-refractivity contribution is -0.0688. The summed E-state index contributed by atoms with van der Waals surface area (Å²) in [6.45, 7) is 4.45. The molecule has 2 aromatic heterocycles. The molecule has 0 spiro atoms. The van der Waals surface area contributed by atoms with Gasteiger partial charge in [0.1, 0.15) is 11.9 Å². The summed E-state index contributed by atoms with van der Waals surface area (Å²) in [6.07, 6.45) is -2.04. The maximum atomic E-state index is 14.8. The van der Waals surface area contributed by atoms with Crippen molar-refractivity contribution in [2.45, 2.75) is 24.8 Å². The number of rotatable bonds is 9. The second-order valence-corrected chi connectivity index (χ2v) is 9.70. The number of nitrogens with zero attached hydrogens (tertiary/aromatic N) is 3. The normalized spacial score (nSPS) is 17.9. The van der Waals surface area contributed by atoms with Gasteiger partial charge in [-0.15, -0.1) is 0 Å². The predicted octanol–water partition coefficient (Wildman–Crippen LogP) is 5.15. The Labute approximate surface area is 235 Å². The Morgan fingerprint density at radius 1 is 1.22 bits per heavy atom. The number of amides is 1. The van der Waals surface area contributed by atoms with Gasteiger partial charge >= 0.3 is 6.18 Å². The van der Waals surface area contributed by atoms with E-state index >= 15 is 0 Å². The van der Waals surface area contributed by atoms with Crippen molar-refractivity contribution in [3.8, 4) is 5.75 Å². The van der Waals surface area contributed by atoms with E-state index in [0.717, 1.165) is 0 Å². The van der Waals surface area contributed by atoms with Gasteiger partial charge in [0.15, 0.2) is 11.6 Å². The van der Waals surface area contributed by atoms with Crippen molar-refractivity contribution in [2.24, 2.45) is 0 Å². The minimum Gasteiger partial charge on any atom is -0.493 e. The van der Waals surface area contributed by atoms with Crippen LogP contribution in [0.5, 0.6) is 5.75 Å². The second kappa shape index (κ2) is 12.5. The average Bonchev–Trinajstić information content (AvgIpc) is 2.95. The van der Waals surface area contributed by atoms with Gasteiger partial charge in [0.05, 0.1) is 30.1 Å². The number of allylic oxidation sites excluding steroid dienone is 1. The molecule has 0 radical (unpaired) electrons. The fourth-order valence-corrected chi connectivity index (χ4v) is 4.62. The highest BCUT2D eigenvalue weighted by atomic mass is 19.4. The molecular weight excluding hydrogens is 540 g/mol. The number of carbonyl (C=O) groups is 1. The molecule has 12 heteroatoms. The summed E-state index contributed by atoms with van der Waals surface area (Å²) in [5, 5.41) is 9.49. The van der Waals surface area contributed by atoms with Crippen molar-refractivity contribution >= 4 is 39.8 Å². The molecule has 1 aliphatic heterocycles. The van der Waals surface area contributed by atoms with Crippen LogP contribution in [0.3, 0.4) is 0 Å². The minimum atomic E-state index is -4.69. The van der Waals surface area contributed by atoms with Crippen LogP contribution in [0.25, 0.3) is 22.4 Å². The number of ether oxygens (including phenoxy) is 1. The lowest BCUT2D eigenvalue weighted by Gasteiger charge is -2.33. The van der Waals surface area contributed by atoms with Gasteiger partial charge in [0.2, 0.25) is 0 Å². The van der Waals surface area contributed by atoms with Crippen LogP contribution in [0.1, 0.15) is 28.3 Å². The molecule has 0 bridgehead atoms. The number of hydrogen-bond donors (Lipinski definition) is 3. The third kappa shape index (κ3) is 6.94. The number of benzene rings is 1. The Balaban J connectivity index is 1.65. The third-order valence-electron chi connectivity index (χ3n) is 6.82. The molecule has 41 heavy (non-hydrogen) atoms. The highest BCUT2D eigenvalue weighted by molar-refractivity contribution is 6.01. The largest absolute Gasteiger partial charge is 0.493 e. The summed E-state index contributed by atoms with van der Waals surface area (Å²) in [5.41, 5.74) is -0.408. The van der Waals surface area contributed by atoms with Crippen LogP contribution in [0.4, 0.5) is 29.1 Å². The third-order valence-corrected chi connectivity index (χ3v) is 6.82. The Morgan fingerprint density at radius 2 is 2.00 bits per heavy atom. The molecule has 2 atom stereocenters. The number of methoxy groups -OCH3 is 1. The first-order chi connectivity index (χ1) is 19.5. The Morgan fingerprint density at radius 3 is 2.68 bits per heavy atom. The molecule has 3 heterocycles. The number of carbonyl (C=O) groups excluding carboxylic acids is 1. The molecule has 4 rings (SSSR count). The molecule has 1 aliphatic rings. The zero-order valence-corrected chi connectivity index (χ0v) is 23.0. The summed E-state index contributed by atoms with van der Waals surface area (Å²) < 4.78 is 61.3. The number of aromatic nitrogens is 2. The summed E-state index contributed by atoms with van der Waals surface area (Å²) in [6, 6.07) is 9.20. The molecule has 1 amide bonds. The van der Waals surface area contributed by atoms with E-state index in [0.29, 0.717) is 35.6 Å². The van der Waals surface area contributed by atoms with Crippen molar-refractivity contribution < 1.29 is 27.1 Å². The summed E-state index contributed by atoms with van der Waals surface area (Å²) in [5.74, 6) is 0.364. The molecule has 0 saturated carbocycles. The Hall–Kier alpha value is -4.19. The van der Waals surface area contributed by atoms with Gasteiger partial charge in [-0.3, -0.25) is 4.79 Å². The van der Waals surface area contributed by atoms with Crippen molar-refractivity contribution in [3.05, 3.63) is 66.1 Å². The molecule has 3 aromatic rings. The van der Waals surface area contributed by atoms with E-state index in [4.69, 9.17) is 4.74 Å². The van der Waals surface area contributed by atoms with Gasteiger partial charge in [-0.25, -0.2) is 14.4 Å². The number of anilines is 2. The number of alkyl halides is 4. The fourth-order valence-electron chi connectivity index (χ4n) is 4.62. The number of pyridine rings is 2. The number of nitrogens with one attached hydrogen (secondary N) is 3. The maximum absolute atomic E-state index is 14.8. The van der Waals surface area contributed by atoms with Crippen LogP contribution in [0, 0.1) is 0 Å². The standard InChI is InChI=1S/C29H32F4N6O2/c1-17(29(31,32)33)26-19-8-5-9-22(37-23-12-14-39(3)16-21(23)30)20(19)15-18(36-26)7-6-13-35-27-25(41-4)11-10-24(38-27)28(40)34-2/h5-11,15,21,23,37H,1,12-14,16H2,2-4H3,(H,34,40)(H,35,38)/b7-6+/t21-,23+/m0/s1. The van der Waals surface area contributed by atoms with Gasteiger partial charge in [-0.1, -0.05) is 24.8 Å².